The number of aromatic nitrogens is 2. The van der Waals surface area contributed by atoms with E-state index in [1.165, 1.54) is 0 Å². The molecule has 0 saturated heterocycles. The minimum Gasteiger partial charge on any atom is -0.331 e. The first-order valence-electron chi connectivity index (χ1n) is 6.63. The van der Waals surface area contributed by atoms with Gasteiger partial charge in [0.2, 0.25) is 0 Å². The van der Waals surface area contributed by atoms with Gasteiger partial charge in [-0.3, -0.25) is 5.10 Å². The number of aryl methyl sites for hydroxylation is 3. The largest absolute Gasteiger partial charge is 0.331 e. The summed E-state index contributed by atoms with van der Waals surface area (Å²) in [6.45, 7) is 7.79. The second-order valence-corrected chi connectivity index (χ2v) is 4.98. The van der Waals surface area contributed by atoms with Crippen LogP contribution in [-0.4, -0.2) is 16.2 Å². The molecule has 1 aromatic carbocycles. The number of hydrogen-bond acceptors (Lipinski definition) is 2. The maximum absolute atomic E-state index is 12.0. The van der Waals surface area contributed by atoms with E-state index in [1.807, 2.05) is 52.0 Å². The fourth-order valence-electron chi connectivity index (χ4n) is 2.34. The molecule has 20 heavy (non-hydrogen) atoms. The van der Waals surface area contributed by atoms with Gasteiger partial charge in [0.15, 0.2) is 0 Å². The minimum absolute atomic E-state index is 0.0993. The Morgan fingerprint density at radius 1 is 1.25 bits per heavy atom. The Bertz CT molecular complexity index is 599. The van der Waals surface area contributed by atoms with Crippen molar-refractivity contribution in [2.24, 2.45) is 0 Å². The topological polar surface area (TPSA) is 69.8 Å². The first kappa shape index (κ1) is 14.1. The second kappa shape index (κ2) is 5.77. The number of urea groups is 1. The third-order valence-corrected chi connectivity index (χ3v) is 3.36. The molecule has 0 aliphatic heterocycles. The van der Waals surface area contributed by atoms with Crippen LogP contribution < -0.4 is 10.6 Å². The maximum atomic E-state index is 12.0. The Morgan fingerprint density at radius 2 is 1.95 bits per heavy atom. The zero-order valence-electron chi connectivity index (χ0n) is 12.2. The molecule has 0 fully saturated rings. The Kier molecular flexibility index (Phi) is 4.08. The van der Waals surface area contributed by atoms with E-state index < -0.39 is 0 Å². The maximum Gasteiger partial charge on any atom is 0.319 e. The highest BCUT2D eigenvalue weighted by Crippen LogP contribution is 2.19. The number of nitrogens with zero attached hydrogens (tertiary/aromatic N) is 1. The fourth-order valence-corrected chi connectivity index (χ4v) is 2.34. The lowest BCUT2D eigenvalue weighted by Gasteiger charge is -2.16. The van der Waals surface area contributed by atoms with Crippen LogP contribution >= 0.6 is 0 Å². The van der Waals surface area contributed by atoms with E-state index in [0.717, 1.165) is 28.2 Å². The lowest BCUT2D eigenvalue weighted by Crippen LogP contribution is -2.31. The molecule has 5 heteroatoms. The van der Waals surface area contributed by atoms with Crippen molar-refractivity contribution < 1.29 is 4.79 Å². The highest BCUT2D eigenvalue weighted by molar-refractivity contribution is 5.90. The van der Waals surface area contributed by atoms with Crippen molar-refractivity contribution in [2.45, 2.75) is 33.7 Å². The summed E-state index contributed by atoms with van der Waals surface area (Å²) in [5.41, 5.74) is 4.77. The van der Waals surface area contributed by atoms with E-state index in [0.29, 0.717) is 0 Å². The van der Waals surface area contributed by atoms with Gasteiger partial charge in [-0.15, -0.1) is 0 Å². The summed E-state index contributed by atoms with van der Waals surface area (Å²) in [7, 11) is 0. The number of hydrogen-bond donors (Lipinski definition) is 3. The molecule has 0 bridgehead atoms. The van der Waals surface area contributed by atoms with Crippen molar-refractivity contribution >= 4 is 11.7 Å². The van der Waals surface area contributed by atoms with E-state index >= 15 is 0 Å². The van der Waals surface area contributed by atoms with Crippen LogP contribution in [0.3, 0.4) is 0 Å². The molecular formula is C15H20N4O. The Hall–Kier alpha value is -2.30. The van der Waals surface area contributed by atoms with Crippen LogP contribution in [-0.2, 0) is 0 Å². The van der Waals surface area contributed by atoms with Crippen LogP contribution in [0.25, 0.3) is 0 Å². The van der Waals surface area contributed by atoms with Crippen molar-refractivity contribution in [2.75, 3.05) is 5.32 Å². The van der Waals surface area contributed by atoms with Gasteiger partial charge in [0.25, 0.3) is 0 Å². The smallest absolute Gasteiger partial charge is 0.319 e. The molecule has 2 aromatic rings. The van der Waals surface area contributed by atoms with Gasteiger partial charge in [-0.25, -0.2) is 4.79 Å². The molecule has 2 amide bonds. The summed E-state index contributed by atoms with van der Waals surface area (Å²) in [5.74, 6) is 0. The summed E-state index contributed by atoms with van der Waals surface area (Å²) in [5, 5.41) is 12.9. The molecule has 2 rings (SSSR count). The molecule has 5 nitrogen and oxygen atoms in total. The summed E-state index contributed by atoms with van der Waals surface area (Å²) >= 11 is 0. The fraction of sp³-hybridized carbons (Fsp3) is 0.333. The van der Waals surface area contributed by atoms with Crippen LogP contribution in [0, 0.1) is 20.8 Å². The number of carbonyl (C=O) groups is 1. The summed E-state index contributed by atoms with van der Waals surface area (Å²) < 4.78 is 0. The van der Waals surface area contributed by atoms with Crippen LogP contribution in [0.2, 0.25) is 0 Å². The average molecular weight is 272 g/mol. The van der Waals surface area contributed by atoms with Crippen LogP contribution in [0.15, 0.2) is 24.3 Å². The third kappa shape index (κ3) is 2.99. The van der Waals surface area contributed by atoms with Gasteiger partial charge >= 0.3 is 6.03 Å². The van der Waals surface area contributed by atoms with Crippen LogP contribution in [0.5, 0.6) is 0 Å². The average Bonchev–Trinajstić information content (AvgIpc) is 2.72. The highest BCUT2D eigenvalue weighted by atomic mass is 16.2. The quantitative estimate of drug-likeness (QED) is 0.803. The Morgan fingerprint density at radius 3 is 2.55 bits per heavy atom. The van der Waals surface area contributed by atoms with Crippen molar-refractivity contribution in [3.63, 3.8) is 0 Å². The lowest BCUT2D eigenvalue weighted by molar-refractivity contribution is 0.249. The number of para-hydroxylation sites is 1. The molecule has 0 aliphatic carbocycles. The number of aromatic amines is 1. The van der Waals surface area contributed by atoms with Crippen molar-refractivity contribution in [3.8, 4) is 0 Å². The van der Waals surface area contributed by atoms with Gasteiger partial charge in [0.1, 0.15) is 0 Å². The molecule has 106 valence electrons. The Labute approximate surface area is 118 Å². The number of H-pyrrole nitrogens is 1. The zero-order chi connectivity index (χ0) is 14.7. The standard InChI is InChI=1S/C15H20N4O/c1-9-7-5-6-8-13(9)17-15(20)16-10(2)14-11(3)18-19-12(14)4/h5-8,10H,1-4H3,(H,18,19)(H2,16,17,20)/t10-/m1/s1. The summed E-state index contributed by atoms with van der Waals surface area (Å²) in [6, 6.07) is 7.37. The van der Waals surface area contributed by atoms with Gasteiger partial charge in [-0.05, 0) is 39.3 Å². The number of anilines is 1. The minimum atomic E-state index is -0.216. The Balaban J connectivity index is 2.04. The molecule has 0 saturated carbocycles. The number of benzene rings is 1. The molecule has 1 heterocycles. The molecule has 3 N–H and O–H groups in total. The first-order chi connectivity index (χ1) is 9.49. The number of rotatable bonds is 3. The molecule has 0 unspecified atom stereocenters. The van der Waals surface area contributed by atoms with Gasteiger partial charge in [0, 0.05) is 16.9 Å². The number of carbonyl (C=O) groups excluding carboxylic acids is 1. The third-order valence-electron chi connectivity index (χ3n) is 3.36. The van der Waals surface area contributed by atoms with E-state index in [1.54, 1.807) is 0 Å². The van der Waals surface area contributed by atoms with Gasteiger partial charge in [0.05, 0.1) is 11.7 Å². The van der Waals surface area contributed by atoms with E-state index in [2.05, 4.69) is 20.8 Å². The van der Waals surface area contributed by atoms with E-state index in [4.69, 9.17) is 0 Å². The zero-order valence-corrected chi connectivity index (χ0v) is 12.2. The van der Waals surface area contributed by atoms with Gasteiger partial charge < -0.3 is 10.6 Å². The summed E-state index contributed by atoms with van der Waals surface area (Å²) in [4.78, 5) is 12.0. The monoisotopic (exact) mass is 272 g/mol. The second-order valence-electron chi connectivity index (χ2n) is 4.98. The SMILES string of the molecule is Cc1ccccc1NC(=O)N[C@H](C)c1c(C)n[nH]c1C. The molecule has 0 spiro atoms. The number of nitrogens with one attached hydrogen (secondary N) is 3. The van der Waals surface area contributed by atoms with E-state index in [9.17, 15) is 4.79 Å². The predicted molar refractivity (Wildman–Crippen MR) is 79.8 cm³/mol. The normalized spacial score (nSPS) is 12.0. The van der Waals surface area contributed by atoms with Gasteiger partial charge in [-0.2, -0.15) is 5.10 Å². The van der Waals surface area contributed by atoms with Crippen LogP contribution in [0.4, 0.5) is 10.5 Å². The van der Waals surface area contributed by atoms with Crippen LogP contribution in [0.1, 0.15) is 35.5 Å². The highest BCUT2D eigenvalue weighted by Gasteiger charge is 2.16. The summed E-state index contributed by atoms with van der Waals surface area (Å²) in [6.07, 6.45) is 0. The van der Waals surface area contributed by atoms with Gasteiger partial charge in [-0.1, -0.05) is 18.2 Å². The van der Waals surface area contributed by atoms with Crippen molar-refractivity contribution in [1.82, 2.24) is 15.5 Å². The van der Waals surface area contributed by atoms with Crippen molar-refractivity contribution in [3.05, 3.63) is 46.8 Å². The molecule has 1 atom stereocenters. The molecule has 1 aromatic heterocycles. The van der Waals surface area contributed by atoms with E-state index in [-0.39, 0.29) is 12.1 Å². The molecular weight excluding hydrogens is 252 g/mol. The van der Waals surface area contributed by atoms with Crippen molar-refractivity contribution in [1.29, 1.82) is 0 Å². The molecule has 0 radical (unpaired) electrons. The molecule has 0 aliphatic rings. The predicted octanol–water partition coefficient (Wildman–Crippen LogP) is 3.22. The lowest BCUT2D eigenvalue weighted by atomic mass is 10.1. The first-order valence-corrected chi connectivity index (χ1v) is 6.63. The number of amides is 2.